The summed E-state index contributed by atoms with van der Waals surface area (Å²) in [5.74, 6) is 2.87. The van der Waals surface area contributed by atoms with Crippen LogP contribution in [-0.2, 0) is 12.0 Å². The molecular formula is C21H31N3O3. The van der Waals surface area contributed by atoms with Crippen molar-refractivity contribution in [3.05, 3.63) is 53.5 Å². The Bertz CT molecular complexity index is 738. The lowest BCUT2D eigenvalue weighted by Gasteiger charge is -2.20. The summed E-state index contributed by atoms with van der Waals surface area (Å²) in [6.07, 6.45) is 0.814. The Morgan fingerprint density at radius 1 is 1.19 bits per heavy atom. The molecule has 6 nitrogen and oxygen atoms in total. The topological polar surface area (TPSA) is 79.0 Å². The van der Waals surface area contributed by atoms with Gasteiger partial charge in [0.1, 0.15) is 22.9 Å². The molecule has 1 unspecified atom stereocenters. The summed E-state index contributed by atoms with van der Waals surface area (Å²) in [7, 11) is 0. The molecule has 0 aliphatic carbocycles. The minimum absolute atomic E-state index is 0.199. The highest BCUT2D eigenvalue weighted by atomic mass is 16.5. The molecule has 27 heavy (non-hydrogen) atoms. The van der Waals surface area contributed by atoms with E-state index in [9.17, 15) is 5.11 Å². The van der Waals surface area contributed by atoms with E-state index in [4.69, 9.17) is 9.15 Å². The molecule has 0 aliphatic rings. The van der Waals surface area contributed by atoms with Crippen LogP contribution in [0.25, 0.3) is 0 Å². The molecule has 0 amide bonds. The first-order chi connectivity index (χ1) is 13.0. The number of hydrogen-bond acceptors (Lipinski definition) is 4. The second-order valence-corrected chi connectivity index (χ2v) is 6.60. The maximum Gasteiger partial charge on any atom is 0.191 e. The number of benzene rings is 1. The summed E-state index contributed by atoms with van der Waals surface area (Å²) in [5.41, 5.74) is -0.00111. The van der Waals surface area contributed by atoms with Gasteiger partial charge in [-0.05, 0) is 57.9 Å². The molecule has 6 heteroatoms. The van der Waals surface area contributed by atoms with Gasteiger partial charge in [0.2, 0.25) is 0 Å². The van der Waals surface area contributed by atoms with Crippen LogP contribution in [0.2, 0.25) is 0 Å². The molecule has 0 saturated carbocycles. The summed E-state index contributed by atoms with van der Waals surface area (Å²) in [4.78, 5) is 4.51. The fraction of sp³-hybridized carbons (Fsp3) is 0.476. The second-order valence-electron chi connectivity index (χ2n) is 6.60. The highest BCUT2D eigenvalue weighted by Crippen LogP contribution is 2.23. The Labute approximate surface area is 161 Å². The van der Waals surface area contributed by atoms with Gasteiger partial charge in [-0.2, -0.15) is 0 Å². The smallest absolute Gasteiger partial charge is 0.191 e. The second kappa shape index (κ2) is 10.0. The predicted octanol–water partition coefficient (Wildman–Crippen LogP) is 2.99. The van der Waals surface area contributed by atoms with E-state index in [0.29, 0.717) is 24.9 Å². The van der Waals surface area contributed by atoms with Crippen molar-refractivity contribution in [3.8, 4) is 5.75 Å². The zero-order valence-electron chi connectivity index (χ0n) is 16.7. The van der Waals surface area contributed by atoms with Crippen LogP contribution in [0.4, 0.5) is 0 Å². The number of aliphatic imine (C=N–C) groups is 1. The third-order valence-corrected chi connectivity index (χ3v) is 4.12. The lowest BCUT2D eigenvalue weighted by atomic mass is 10.0. The first-order valence-electron chi connectivity index (χ1n) is 9.48. The Balaban J connectivity index is 1.96. The van der Waals surface area contributed by atoms with Crippen LogP contribution >= 0.6 is 0 Å². The average molecular weight is 373 g/mol. The Morgan fingerprint density at radius 2 is 1.96 bits per heavy atom. The minimum atomic E-state index is -1.15. The Kier molecular flexibility index (Phi) is 7.73. The summed E-state index contributed by atoms with van der Waals surface area (Å²) in [6.45, 7) is 9.85. The molecule has 2 rings (SSSR count). The van der Waals surface area contributed by atoms with E-state index in [1.807, 2.05) is 45.0 Å². The molecule has 148 valence electrons. The molecule has 1 aromatic carbocycles. The molecular weight excluding hydrogens is 342 g/mol. The van der Waals surface area contributed by atoms with E-state index >= 15 is 0 Å². The molecule has 0 spiro atoms. The number of hydrogen-bond donors (Lipinski definition) is 3. The van der Waals surface area contributed by atoms with E-state index in [1.54, 1.807) is 13.0 Å². The molecule has 0 saturated heterocycles. The van der Waals surface area contributed by atoms with E-state index in [0.717, 1.165) is 30.0 Å². The highest BCUT2D eigenvalue weighted by molar-refractivity contribution is 5.79. The van der Waals surface area contributed by atoms with Crippen LogP contribution in [0.5, 0.6) is 5.75 Å². The summed E-state index contributed by atoms with van der Waals surface area (Å²) < 4.78 is 11.2. The van der Waals surface area contributed by atoms with Gasteiger partial charge in [-0.1, -0.05) is 18.2 Å². The molecule has 3 N–H and O–H groups in total. The lowest BCUT2D eigenvalue weighted by molar-refractivity contribution is 0.0428. The van der Waals surface area contributed by atoms with Gasteiger partial charge in [0.25, 0.3) is 0 Å². The van der Waals surface area contributed by atoms with Crippen molar-refractivity contribution in [2.45, 2.75) is 39.7 Å². The van der Waals surface area contributed by atoms with Crippen LogP contribution < -0.4 is 15.4 Å². The first kappa shape index (κ1) is 20.8. The normalized spacial score (nSPS) is 13.9. The van der Waals surface area contributed by atoms with Crippen molar-refractivity contribution in [3.63, 3.8) is 0 Å². The molecule has 1 atom stereocenters. The lowest BCUT2D eigenvalue weighted by Crippen LogP contribution is -2.39. The third-order valence-electron chi connectivity index (χ3n) is 4.12. The number of ether oxygens (including phenoxy) is 1. The molecule has 2 aromatic rings. The summed E-state index contributed by atoms with van der Waals surface area (Å²) in [5, 5.41) is 17.2. The molecule has 0 bridgehead atoms. The number of para-hydroxylation sites is 1. The number of aliphatic hydroxyl groups is 1. The number of rotatable bonds is 9. The standard InChI is InChI=1S/C21H31N3O3/c1-5-22-20(24-15-21(4,25)19-12-11-16(3)27-19)23-14-13-17-9-7-8-10-18(17)26-6-2/h7-12,25H,5-6,13-15H2,1-4H3,(H2,22,23,24). The monoisotopic (exact) mass is 373 g/mol. The molecule has 1 heterocycles. The van der Waals surface area contributed by atoms with Crippen molar-refractivity contribution < 1.29 is 14.3 Å². The van der Waals surface area contributed by atoms with Crippen molar-refractivity contribution in [2.24, 2.45) is 4.99 Å². The first-order valence-corrected chi connectivity index (χ1v) is 9.48. The highest BCUT2D eigenvalue weighted by Gasteiger charge is 2.26. The molecule has 0 radical (unpaired) electrons. The zero-order valence-corrected chi connectivity index (χ0v) is 16.7. The SMILES string of the molecule is CCNC(=NCC(C)(O)c1ccc(C)o1)NCCc1ccccc1OCC. The van der Waals surface area contributed by atoms with Gasteiger partial charge in [-0.15, -0.1) is 0 Å². The minimum Gasteiger partial charge on any atom is -0.494 e. The number of nitrogens with one attached hydrogen (secondary N) is 2. The number of guanidine groups is 1. The van der Waals surface area contributed by atoms with E-state index in [1.165, 1.54) is 0 Å². The largest absolute Gasteiger partial charge is 0.494 e. The summed E-state index contributed by atoms with van der Waals surface area (Å²) >= 11 is 0. The number of aryl methyl sites for hydroxylation is 1. The number of furan rings is 1. The van der Waals surface area contributed by atoms with Gasteiger partial charge in [0.05, 0.1) is 13.2 Å². The van der Waals surface area contributed by atoms with Crippen molar-refractivity contribution in [2.75, 3.05) is 26.2 Å². The third kappa shape index (κ3) is 6.32. The van der Waals surface area contributed by atoms with Crippen LogP contribution in [-0.4, -0.2) is 37.3 Å². The number of nitrogens with zero attached hydrogens (tertiary/aromatic N) is 1. The average Bonchev–Trinajstić information content (AvgIpc) is 3.09. The van der Waals surface area contributed by atoms with Crippen LogP contribution in [0.15, 0.2) is 45.8 Å². The van der Waals surface area contributed by atoms with E-state index in [2.05, 4.69) is 21.7 Å². The van der Waals surface area contributed by atoms with E-state index < -0.39 is 5.60 Å². The Morgan fingerprint density at radius 3 is 2.63 bits per heavy atom. The van der Waals surface area contributed by atoms with Crippen molar-refractivity contribution in [1.82, 2.24) is 10.6 Å². The fourth-order valence-corrected chi connectivity index (χ4v) is 2.70. The van der Waals surface area contributed by atoms with Crippen molar-refractivity contribution in [1.29, 1.82) is 0 Å². The van der Waals surface area contributed by atoms with Crippen LogP contribution in [0.1, 0.15) is 37.9 Å². The van der Waals surface area contributed by atoms with E-state index in [-0.39, 0.29) is 6.54 Å². The maximum atomic E-state index is 10.6. The quantitative estimate of drug-likeness (QED) is 0.465. The summed E-state index contributed by atoms with van der Waals surface area (Å²) in [6, 6.07) is 11.7. The van der Waals surface area contributed by atoms with Crippen molar-refractivity contribution >= 4 is 5.96 Å². The molecule has 1 aromatic heterocycles. The predicted molar refractivity (Wildman–Crippen MR) is 108 cm³/mol. The van der Waals surface area contributed by atoms with Gasteiger partial charge < -0.3 is 24.9 Å². The maximum absolute atomic E-state index is 10.6. The van der Waals surface area contributed by atoms with Gasteiger partial charge in [0, 0.05) is 13.1 Å². The van der Waals surface area contributed by atoms with Gasteiger partial charge in [0.15, 0.2) is 5.96 Å². The van der Waals surface area contributed by atoms with Gasteiger partial charge >= 0.3 is 0 Å². The van der Waals surface area contributed by atoms with Gasteiger partial charge in [-0.3, -0.25) is 0 Å². The Hall–Kier alpha value is -2.47. The molecule has 0 fully saturated rings. The zero-order chi connectivity index (χ0) is 19.7. The van der Waals surface area contributed by atoms with Crippen LogP contribution in [0.3, 0.4) is 0 Å². The molecule has 0 aliphatic heterocycles. The fourth-order valence-electron chi connectivity index (χ4n) is 2.70. The van der Waals surface area contributed by atoms with Crippen LogP contribution in [0, 0.1) is 6.92 Å². The van der Waals surface area contributed by atoms with Gasteiger partial charge in [-0.25, -0.2) is 4.99 Å².